The number of aryl methyl sites for hydroxylation is 2. The molecular weight excluding hydrogens is 214 g/mol. The van der Waals surface area contributed by atoms with Crippen molar-refractivity contribution >= 4 is 5.91 Å². The minimum Gasteiger partial charge on any atom is -0.320 e. The van der Waals surface area contributed by atoms with E-state index in [1.165, 1.54) is 30.4 Å². The van der Waals surface area contributed by atoms with E-state index < -0.39 is 6.04 Å². The van der Waals surface area contributed by atoms with Crippen LogP contribution in [0.25, 0.3) is 0 Å². The molecule has 17 heavy (non-hydrogen) atoms. The number of hydrazine groups is 1. The Kier molecular flexibility index (Phi) is 3.76. The van der Waals surface area contributed by atoms with Crippen LogP contribution in [-0.2, 0) is 24.1 Å². The predicted octanol–water partition coefficient (Wildman–Crippen LogP) is 0.425. The minimum absolute atomic E-state index is 0.317. The number of nitrogens with two attached hydrogens (primary N) is 2. The number of hydrogen-bond acceptors (Lipinski definition) is 3. The molecule has 1 amide bonds. The normalized spacial score (nSPS) is 16.1. The van der Waals surface area contributed by atoms with Crippen LogP contribution in [0.3, 0.4) is 0 Å². The first-order valence-electron chi connectivity index (χ1n) is 6.07. The Hall–Kier alpha value is -1.39. The van der Waals surface area contributed by atoms with Crippen molar-refractivity contribution in [2.75, 3.05) is 0 Å². The fraction of sp³-hybridized carbons (Fsp3) is 0.462. The minimum atomic E-state index is -0.568. The number of hydrogen-bond donors (Lipinski definition) is 3. The maximum atomic E-state index is 11.2. The van der Waals surface area contributed by atoms with Crippen LogP contribution < -0.4 is 17.0 Å². The number of carbonyl (C=O) groups excluding carboxylic acids is 1. The highest BCUT2D eigenvalue weighted by atomic mass is 16.2. The third-order valence-corrected chi connectivity index (χ3v) is 3.35. The molecule has 0 saturated carbocycles. The van der Waals surface area contributed by atoms with Gasteiger partial charge in [-0.15, -0.1) is 0 Å². The number of carbonyl (C=O) groups is 1. The van der Waals surface area contributed by atoms with Gasteiger partial charge < -0.3 is 5.73 Å². The first-order valence-corrected chi connectivity index (χ1v) is 6.07. The summed E-state index contributed by atoms with van der Waals surface area (Å²) in [5.74, 6) is 4.74. The van der Waals surface area contributed by atoms with Gasteiger partial charge in [-0.25, -0.2) is 5.84 Å². The summed E-state index contributed by atoms with van der Waals surface area (Å²) in [7, 11) is 0. The molecule has 4 nitrogen and oxygen atoms in total. The van der Waals surface area contributed by atoms with Gasteiger partial charge in [0.1, 0.15) is 0 Å². The van der Waals surface area contributed by atoms with Gasteiger partial charge in [0.05, 0.1) is 6.04 Å². The second-order valence-electron chi connectivity index (χ2n) is 4.63. The van der Waals surface area contributed by atoms with Gasteiger partial charge in [0.25, 0.3) is 5.91 Å². The van der Waals surface area contributed by atoms with Crippen LogP contribution in [0.1, 0.15) is 29.5 Å². The zero-order chi connectivity index (χ0) is 12.3. The largest absolute Gasteiger partial charge is 0.320 e. The van der Waals surface area contributed by atoms with E-state index in [0.29, 0.717) is 6.42 Å². The molecule has 0 bridgehead atoms. The Morgan fingerprint density at radius 2 is 2.00 bits per heavy atom. The maximum absolute atomic E-state index is 11.2. The maximum Gasteiger partial charge on any atom is 0.251 e. The quantitative estimate of drug-likeness (QED) is 0.402. The zero-order valence-corrected chi connectivity index (χ0v) is 9.91. The molecule has 4 heteroatoms. The van der Waals surface area contributed by atoms with Gasteiger partial charge in [-0.05, 0) is 48.8 Å². The molecule has 1 aromatic carbocycles. The summed E-state index contributed by atoms with van der Waals surface area (Å²) in [5, 5.41) is 0. The Labute approximate surface area is 101 Å². The molecule has 92 valence electrons. The molecule has 0 aliphatic heterocycles. The van der Waals surface area contributed by atoms with E-state index in [1.54, 1.807) is 0 Å². The van der Waals surface area contributed by atoms with Crippen LogP contribution >= 0.6 is 0 Å². The molecule has 0 radical (unpaired) electrons. The average Bonchev–Trinajstić information content (AvgIpc) is 2.37. The van der Waals surface area contributed by atoms with Crippen molar-refractivity contribution < 1.29 is 4.79 Å². The van der Waals surface area contributed by atoms with Gasteiger partial charge in [0.2, 0.25) is 0 Å². The van der Waals surface area contributed by atoms with Crippen molar-refractivity contribution in [3.63, 3.8) is 0 Å². The molecule has 0 aromatic heterocycles. The second kappa shape index (κ2) is 5.29. The summed E-state index contributed by atoms with van der Waals surface area (Å²) in [4.78, 5) is 11.2. The lowest BCUT2D eigenvalue weighted by atomic mass is 9.89. The number of amides is 1. The summed E-state index contributed by atoms with van der Waals surface area (Å²) in [6.07, 6.45) is 5.38. The van der Waals surface area contributed by atoms with Gasteiger partial charge >= 0.3 is 0 Å². The number of nitrogens with one attached hydrogen (secondary N) is 1. The molecule has 0 heterocycles. The molecule has 1 unspecified atom stereocenters. The summed E-state index contributed by atoms with van der Waals surface area (Å²) in [5.41, 5.74) is 11.8. The molecule has 1 aliphatic carbocycles. The van der Waals surface area contributed by atoms with Crippen LogP contribution in [0.2, 0.25) is 0 Å². The monoisotopic (exact) mass is 233 g/mol. The van der Waals surface area contributed by atoms with Crippen molar-refractivity contribution in [3.8, 4) is 0 Å². The molecule has 5 N–H and O–H groups in total. The summed E-state index contributed by atoms with van der Waals surface area (Å²) >= 11 is 0. The van der Waals surface area contributed by atoms with Gasteiger partial charge in [-0.1, -0.05) is 18.2 Å². The summed E-state index contributed by atoms with van der Waals surface area (Å²) in [6.45, 7) is 0. The van der Waals surface area contributed by atoms with Crippen LogP contribution in [0.4, 0.5) is 0 Å². The third kappa shape index (κ3) is 2.84. The first kappa shape index (κ1) is 12.1. The van der Waals surface area contributed by atoms with Gasteiger partial charge in [0, 0.05) is 0 Å². The lowest BCUT2D eigenvalue weighted by molar-refractivity contribution is -0.122. The smallest absolute Gasteiger partial charge is 0.251 e. The van der Waals surface area contributed by atoms with Gasteiger partial charge in [-0.2, -0.15) is 0 Å². The Balaban J connectivity index is 2.09. The molecular formula is C13H19N3O. The van der Waals surface area contributed by atoms with Crippen LogP contribution in [-0.4, -0.2) is 11.9 Å². The molecule has 1 aliphatic rings. The van der Waals surface area contributed by atoms with E-state index in [1.807, 2.05) is 0 Å². The lowest BCUT2D eigenvalue weighted by Gasteiger charge is -2.17. The third-order valence-electron chi connectivity index (χ3n) is 3.35. The number of fused-ring (bicyclic) bond motifs is 1. The first-order chi connectivity index (χ1) is 8.20. The van der Waals surface area contributed by atoms with Crippen LogP contribution in [0.5, 0.6) is 0 Å². The van der Waals surface area contributed by atoms with Crippen molar-refractivity contribution in [1.82, 2.24) is 5.43 Å². The van der Waals surface area contributed by atoms with Gasteiger partial charge in [-0.3, -0.25) is 10.2 Å². The average molecular weight is 233 g/mol. The van der Waals surface area contributed by atoms with Crippen molar-refractivity contribution in [2.45, 2.75) is 38.1 Å². The standard InChI is InChI=1S/C13H19N3O/c14-12(13(17)16-15)8-9-5-6-10-3-1-2-4-11(10)7-9/h5-7,12H,1-4,8,14-15H2,(H,16,17). The van der Waals surface area contributed by atoms with Crippen molar-refractivity contribution in [1.29, 1.82) is 0 Å². The molecule has 0 spiro atoms. The van der Waals surface area contributed by atoms with Crippen LogP contribution in [0.15, 0.2) is 18.2 Å². The van der Waals surface area contributed by atoms with Crippen molar-refractivity contribution in [2.24, 2.45) is 11.6 Å². The van der Waals surface area contributed by atoms with E-state index >= 15 is 0 Å². The van der Waals surface area contributed by atoms with Crippen LogP contribution in [0, 0.1) is 0 Å². The van der Waals surface area contributed by atoms with E-state index in [-0.39, 0.29) is 5.91 Å². The van der Waals surface area contributed by atoms with E-state index in [2.05, 4.69) is 23.6 Å². The highest BCUT2D eigenvalue weighted by Crippen LogP contribution is 2.22. The number of rotatable bonds is 3. The highest BCUT2D eigenvalue weighted by Gasteiger charge is 2.14. The van der Waals surface area contributed by atoms with Gasteiger partial charge in [0.15, 0.2) is 0 Å². The summed E-state index contributed by atoms with van der Waals surface area (Å²) in [6, 6.07) is 5.84. The molecule has 0 saturated heterocycles. The van der Waals surface area contributed by atoms with Crippen molar-refractivity contribution in [3.05, 3.63) is 34.9 Å². The van der Waals surface area contributed by atoms with E-state index in [9.17, 15) is 4.79 Å². The molecule has 1 aromatic rings. The Morgan fingerprint density at radius 3 is 2.71 bits per heavy atom. The Morgan fingerprint density at radius 1 is 1.29 bits per heavy atom. The predicted molar refractivity (Wildman–Crippen MR) is 67.1 cm³/mol. The van der Waals surface area contributed by atoms with E-state index in [4.69, 9.17) is 11.6 Å². The molecule has 1 atom stereocenters. The fourth-order valence-electron chi connectivity index (χ4n) is 2.37. The topological polar surface area (TPSA) is 81.1 Å². The number of benzene rings is 1. The SMILES string of the molecule is NNC(=O)C(N)Cc1ccc2c(c1)CCCC2. The fourth-order valence-corrected chi connectivity index (χ4v) is 2.37. The molecule has 2 rings (SSSR count). The zero-order valence-electron chi connectivity index (χ0n) is 9.91. The highest BCUT2D eigenvalue weighted by molar-refractivity contribution is 5.81. The summed E-state index contributed by atoms with van der Waals surface area (Å²) < 4.78 is 0. The molecule has 0 fully saturated rings. The second-order valence-corrected chi connectivity index (χ2v) is 4.63. The Bertz CT molecular complexity index is 417. The lowest BCUT2D eigenvalue weighted by Crippen LogP contribution is -2.45. The van der Waals surface area contributed by atoms with E-state index in [0.717, 1.165) is 12.0 Å².